The average Bonchev–Trinajstić information content (AvgIpc) is 3.23. The summed E-state index contributed by atoms with van der Waals surface area (Å²) >= 11 is 0. The number of halogens is 5. The molecule has 2 heterocycles. The molecule has 0 saturated heterocycles. The molecule has 0 unspecified atom stereocenters. The Morgan fingerprint density at radius 3 is 2.50 bits per heavy atom. The number of pyridine rings is 1. The van der Waals surface area contributed by atoms with Crippen LogP contribution in [0.1, 0.15) is 28.7 Å². The van der Waals surface area contributed by atoms with Crippen molar-refractivity contribution in [2.75, 3.05) is 6.61 Å². The van der Waals surface area contributed by atoms with Crippen molar-refractivity contribution >= 4 is 5.91 Å². The van der Waals surface area contributed by atoms with Gasteiger partial charge in [-0.2, -0.15) is 26.6 Å². The van der Waals surface area contributed by atoms with E-state index in [1.807, 2.05) is 0 Å². The molecule has 0 fully saturated rings. The summed E-state index contributed by atoms with van der Waals surface area (Å²) in [5.74, 6) is -7.80. The van der Waals surface area contributed by atoms with Crippen LogP contribution in [0.25, 0.3) is 16.9 Å². The molecule has 13 heteroatoms. The molecule has 0 bridgehead atoms. The van der Waals surface area contributed by atoms with Gasteiger partial charge in [-0.15, -0.1) is 5.10 Å². The van der Waals surface area contributed by atoms with Crippen molar-refractivity contribution in [1.82, 2.24) is 30.5 Å². The third kappa shape index (κ3) is 4.56. The normalized spacial score (nSPS) is 13.1. The van der Waals surface area contributed by atoms with E-state index in [9.17, 15) is 26.7 Å². The van der Waals surface area contributed by atoms with Crippen LogP contribution in [0.4, 0.5) is 22.0 Å². The number of aliphatic hydroxyl groups excluding tert-OH is 1. The highest BCUT2D eigenvalue weighted by atomic mass is 19.4. The van der Waals surface area contributed by atoms with Gasteiger partial charge in [0, 0.05) is 23.4 Å². The second-order valence-corrected chi connectivity index (χ2v) is 7.03. The number of hydrogen-bond acceptors (Lipinski definition) is 6. The molecule has 2 N–H and O–H groups in total. The van der Waals surface area contributed by atoms with Crippen LogP contribution in [0.3, 0.4) is 0 Å². The lowest BCUT2D eigenvalue weighted by atomic mass is 10.0. The summed E-state index contributed by atoms with van der Waals surface area (Å²) in [6, 6.07) is 6.34. The molecule has 0 aliphatic carbocycles. The van der Waals surface area contributed by atoms with Crippen LogP contribution in [0.5, 0.6) is 0 Å². The van der Waals surface area contributed by atoms with Crippen molar-refractivity contribution in [3.05, 3.63) is 53.5 Å². The standard InChI is InChI=1S/C19H17F5N6O2/c1-10-3-4-15(25-8-10)12-5-13(16(32)26-11(2)9-31)7-14(6-12)30-17(27-28-29-30)18(20,21)19(22,23)24/h3-8,11,31H,9H2,1-2H3,(H,26,32)/t11-/m0/s1. The minimum atomic E-state index is -5.94. The first-order valence-electron chi connectivity index (χ1n) is 9.17. The Kier molecular flexibility index (Phi) is 6.21. The molecule has 8 nitrogen and oxygen atoms in total. The summed E-state index contributed by atoms with van der Waals surface area (Å²) in [7, 11) is 0. The summed E-state index contributed by atoms with van der Waals surface area (Å²) in [6.45, 7) is 2.94. The monoisotopic (exact) mass is 456 g/mol. The van der Waals surface area contributed by atoms with E-state index < -0.39 is 29.9 Å². The van der Waals surface area contributed by atoms with E-state index in [0.717, 1.165) is 11.6 Å². The number of nitrogens with zero attached hydrogens (tertiary/aromatic N) is 5. The fraction of sp³-hybridized carbons (Fsp3) is 0.316. The Morgan fingerprint density at radius 1 is 1.19 bits per heavy atom. The van der Waals surface area contributed by atoms with Crippen LogP contribution in [0.2, 0.25) is 0 Å². The van der Waals surface area contributed by atoms with Gasteiger partial charge in [0.15, 0.2) is 0 Å². The molecule has 3 aromatic rings. The first kappa shape index (κ1) is 23.2. The molecule has 2 aromatic heterocycles. The predicted octanol–water partition coefficient (Wildman–Crippen LogP) is 2.80. The highest BCUT2D eigenvalue weighted by molar-refractivity contribution is 5.96. The van der Waals surface area contributed by atoms with Crippen molar-refractivity contribution in [3.8, 4) is 16.9 Å². The molecule has 0 spiro atoms. The van der Waals surface area contributed by atoms with Gasteiger partial charge in [-0.05, 0) is 54.1 Å². The van der Waals surface area contributed by atoms with Gasteiger partial charge in [0.1, 0.15) is 0 Å². The molecular weight excluding hydrogens is 439 g/mol. The van der Waals surface area contributed by atoms with Crippen LogP contribution in [-0.2, 0) is 5.92 Å². The van der Waals surface area contributed by atoms with Crippen molar-refractivity contribution < 1.29 is 31.9 Å². The molecule has 1 amide bonds. The first-order valence-corrected chi connectivity index (χ1v) is 9.17. The first-order chi connectivity index (χ1) is 14.9. The second kappa shape index (κ2) is 8.57. The Hall–Kier alpha value is -3.48. The summed E-state index contributed by atoms with van der Waals surface area (Å²) < 4.78 is 66.9. The van der Waals surface area contributed by atoms with Gasteiger partial charge in [0.05, 0.1) is 18.0 Å². The lowest BCUT2D eigenvalue weighted by molar-refractivity contribution is -0.293. The van der Waals surface area contributed by atoms with Gasteiger partial charge >= 0.3 is 12.1 Å². The Morgan fingerprint density at radius 2 is 1.91 bits per heavy atom. The molecule has 3 rings (SSSR count). The van der Waals surface area contributed by atoms with Crippen LogP contribution in [-0.4, -0.2) is 55.0 Å². The van der Waals surface area contributed by atoms with E-state index in [1.165, 1.54) is 25.3 Å². The Labute approximate surface area is 178 Å². The third-order valence-electron chi connectivity index (χ3n) is 4.39. The smallest absolute Gasteiger partial charge is 0.394 e. The fourth-order valence-corrected chi connectivity index (χ4v) is 2.69. The largest absolute Gasteiger partial charge is 0.461 e. The second-order valence-electron chi connectivity index (χ2n) is 7.03. The highest BCUT2D eigenvalue weighted by Gasteiger charge is 2.62. The summed E-state index contributed by atoms with van der Waals surface area (Å²) in [4.78, 5) is 16.8. The van der Waals surface area contributed by atoms with E-state index in [-0.39, 0.29) is 28.1 Å². The Bertz CT molecular complexity index is 1110. The summed E-state index contributed by atoms with van der Waals surface area (Å²) in [5.41, 5.74) is 1.01. The molecular formula is C19H17F5N6O2. The minimum absolute atomic E-state index is 0.0862. The molecule has 0 saturated carbocycles. The fourth-order valence-electron chi connectivity index (χ4n) is 2.69. The maximum atomic E-state index is 14.0. The van der Waals surface area contributed by atoms with Gasteiger partial charge in [-0.3, -0.25) is 9.78 Å². The summed E-state index contributed by atoms with van der Waals surface area (Å²) in [6.07, 6.45) is -4.41. The molecule has 1 atom stereocenters. The van der Waals surface area contributed by atoms with Crippen molar-refractivity contribution in [2.24, 2.45) is 0 Å². The van der Waals surface area contributed by atoms with Crippen LogP contribution >= 0.6 is 0 Å². The number of alkyl halides is 5. The SMILES string of the molecule is Cc1ccc(-c2cc(C(=O)N[C@@H](C)CO)cc(-n3nnnc3C(F)(F)C(F)(F)F)c2)nc1. The van der Waals surface area contributed by atoms with Gasteiger partial charge < -0.3 is 10.4 Å². The number of aromatic nitrogens is 5. The number of carbonyl (C=O) groups excluding carboxylic acids is 1. The number of carbonyl (C=O) groups is 1. The number of aliphatic hydroxyl groups is 1. The van der Waals surface area contributed by atoms with Gasteiger partial charge in [0.2, 0.25) is 5.82 Å². The van der Waals surface area contributed by atoms with Gasteiger partial charge in [0.25, 0.3) is 5.91 Å². The quantitative estimate of drug-likeness (QED) is 0.553. The van der Waals surface area contributed by atoms with Crippen LogP contribution in [0, 0.1) is 6.92 Å². The number of nitrogens with one attached hydrogen (secondary N) is 1. The molecule has 32 heavy (non-hydrogen) atoms. The van der Waals surface area contributed by atoms with Crippen molar-refractivity contribution in [2.45, 2.75) is 32.0 Å². The number of rotatable bonds is 6. The zero-order valence-electron chi connectivity index (χ0n) is 16.7. The van der Waals surface area contributed by atoms with Crippen molar-refractivity contribution in [3.63, 3.8) is 0 Å². The number of hydrogen-bond donors (Lipinski definition) is 2. The highest BCUT2D eigenvalue weighted by Crippen LogP contribution is 2.43. The van der Waals surface area contributed by atoms with E-state index in [1.54, 1.807) is 19.1 Å². The number of aryl methyl sites for hydroxylation is 1. The number of tetrazole rings is 1. The molecule has 170 valence electrons. The lowest BCUT2D eigenvalue weighted by Crippen LogP contribution is -2.36. The molecule has 0 aliphatic rings. The van der Waals surface area contributed by atoms with E-state index in [0.29, 0.717) is 5.69 Å². The van der Waals surface area contributed by atoms with E-state index in [4.69, 9.17) is 5.11 Å². The van der Waals surface area contributed by atoms with Gasteiger partial charge in [-0.25, -0.2) is 0 Å². The predicted molar refractivity (Wildman–Crippen MR) is 101 cm³/mol. The lowest BCUT2D eigenvalue weighted by Gasteiger charge is -2.19. The summed E-state index contributed by atoms with van der Waals surface area (Å²) in [5, 5.41) is 20.7. The van der Waals surface area contributed by atoms with E-state index >= 15 is 0 Å². The van der Waals surface area contributed by atoms with E-state index in [2.05, 4.69) is 25.8 Å². The molecule has 1 aromatic carbocycles. The zero-order chi connectivity index (χ0) is 23.7. The zero-order valence-corrected chi connectivity index (χ0v) is 16.7. The Balaban J connectivity index is 2.18. The average molecular weight is 456 g/mol. The van der Waals surface area contributed by atoms with Crippen LogP contribution in [0.15, 0.2) is 36.5 Å². The maximum Gasteiger partial charge on any atom is 0.461 e. The molecule has 0 radical (unpaired) electrons. The maximum absolute atomic E-state index is 14.0. The number of benzene rings is 1. The topological polar surface area (TPSA) is 106 Å². The van der Waals surface area contributed by atoms with Crippen LogP contribution < -0.4 is 5.32 Å². The number of amides is 1. The minimum Gasteiger partial charge on any atom is -0.394 e. The molecule has 0 aliphatic heterocycles. The third-order valence-corrected chi connectivity index (χ3v) is 4.39. The van der Waals surface area contributed by atoms with Gasteiger partial charge in [-0.1, -0.05) is 6.07 Å². The van der Waals surface area contributed by atoms with Crippen molar-refractivity contribution in [1.29, 1.82) is 0 Å².